The number of ether oxygens (including phenoxy) is 1. The Bertz CT molecular complexity index is 468. The quantitative estimate of drug-likeness (QED) is 0.227. The highest BCUT2D eigenvalue weighted by molar-refractivity contribution is 5.89. The minimum Gasteiger partial charge on any atom is -0.480 e. The molecule has 0 saturated heterocycles. The Balaban J connectivity index is 1.82. The summed E-state index contributed by atoms with van der Waals surface area (Å²) in [5.41, 5.74) is 0.559. The highest BCUT2D eigenvalue weighted by atomic mass is 16.5. The van der Waals surface area contributed by atoms with Crippen molar-refractivity contribution < 1.29 is 19.4 Å². The molecule has 0 spiro atoms. The molecule has 0 fully saturated rings. The number of carbonyl (C=O) groups excluding carboxylic acids is 1. The van der Waals surface area contributed by atoms with Crippen LogP contribution >= 0.6 is 0 Å². The molecule has 4 N–H and O–H groups in total. The second-order valence-electron chi connectivity index (χ2n) is 5.32. The van der Waals surface area contributed by atoms with Crippen LogP contribution in [0.3, 0.4) is 0 Å². The van der Waals surface area contributed by atoms with Gasteiger partial charge >= 0.3 is 11.9 Å². The van der Waals surface area contributed by atoms with Gasteiger partial charge < -0.3 is 20.5 Å². The molecule has 0 bridgehead atoms. The number of carboxylic acids is 1. The van der Waals surface area contributed by atoms with E-state index < -0.39 is 5.97 Å². The first-order valence-electron chi connectivity index (χ1n) is 8.26. The lowest BCUT2D eigenvalue weighted by Gasteiger charge is -2.07. The van der Waals surface area contributed by atoms with Gasteiger partial charge in [0.1, 0.15) is 6.73 Å². The number of carbonyl (C=O) groups is 2. The normalized spacial score (nSPS) is 10.5. The zero-order valence-electron chi connectivity index (χ0n) is 13.9. The first-order chi connectivity index (χ1) is 11.7. The molecular formula is C17H27N3O4. The standard InChI is InChI=1S/C17H27N3O4/c21-16(22)13-19-12-11-18-9-5-2-6-10-20-14-24-17(23)15-7-3-1-4-8-15/h1,3-4,7-8,18-20H,2,5-6,9-14H2,(H,21,22). The molecule has 0 radical (unpaired) electrons. The van der Waals surface area contributed by atoms with Gasteiger partial charge in [-0.05, 0) is 38.1 Å². The van der Waals surface area contributed by atoms with Crippen molar-refractivity contribution in [1.82, 2.24) is 16.0 Å². The van der Waals surface area contributed by atoms with Crippen molar-refractivity contribution in [2.45, 2.75) is 19.3 Å². The van der Waals surface area contributed by atoms with Crippen molar-refractivity contribution in [1.29, 1.82) is 0 Å². The van der Waals surface area contributed by atoms with Crippen molar-refractivity contribution in [3.63, 3.8) is 0 Å². The van der Waals surface area contributed by atoms with E-state index in [0.717, 1.165) is 38.9 Å². The molecule has 134 valence electrons. The SMILES string of the molecule is O=C(O)CNCCNCCCCCNCOC(=O)c1ccccc1. The van der Waals surface area contributed by atoms with Gasteiger partial charge in [-0.15, -0.1) is 0 Å². The predicted octanol–water partition coefficient (Wildman–Crippen LogP) is 0.825. The summed E-state index contributed by atoms with van der Waals surface area (Å²) >= 11 is 0. The lowest BCUT2D eigenvalue weighted by molar-refractivity contribution is -0.135. The molecule has 24 heavy (non-hydrogen) atoms. The fourth-order valence-electron chi connectivity index (χ4n) is 2.02. The van der Waals surface area contributed by atoms with Crippen LogP contribution in [0.2, 0.25) is 0 Å². The van der Waals surface area contributed by atoms with E-state index in [9.17, 15) is 9.59 Å². The molecule has 0 aromatic heterocycles. The zero-order valence-corrected chi connectivity index (χ0v) is 13.9. The summed E-state index contributed by atoms with van der Waals surface area (Å²) in [7, 11) is 0. The predicted molar refractivity (Wildman–Crippen MR) is 92.0 cm³/mol. The number of aliphatic carboxylic acids is 1. The van der Waals surface area contributed by atoms with Gasteiger partial charge in [-0.1, -0.05) is 24.6 Å². The Kier molecular flexibility index (Phi) is 11.3. The molecule has 0 aliphatic carbocycles. The highest BCUT2D eigenvalue weighted by Gasteiger charge is 2.04. The summed E-state index contributed by atoms with van der Waals surface area (Å²) in [5.74, 6) is -1.15. The third-order valence-electron chi connectivity index (χ3n) is 3.28. The maximum absolute atomic E-state index is 11.7. The fraction of sp³-hybridized carbons (Fsp3) is 0.529. The van der Waals surface area contributed by atoms with Crippen LogP contribution in [0.1, 0.15) is 29.6 Å². The first-order valence-corrected chi connectivity index (χ1v) is 8.26. The third-order valence-corrected chi connectivity index (χ3v) is 3.28. The van der Waals surface area contributed by atoms with E-state index in [-0.39, 0.29) is 19.2 Å². The fourth-order valence-corrected chi connectivity index (χ4v) is 2.02. The molecule has 0 heterocycles. The van der Waals surface area contributed by atoms with Gasteiger partial charge in [0.2, 0.25) is 0 Å². The number of esters is 1. The van der Waals surface area contributed by atoms with Gasteiger partial charge in [0, 0.05) is 13.1 Å². The molecule has 0 atom stereocenters. The minimum atomic E-state index is -0.836. The molecule has 0 aliphatic heterocycles. The monoisotopic (exact) mass is 337 g/mol. The molecule has 0 unspecified atom stereocenters. The molecule has 0 amide bonds. The summed E-state index contributed by atoms with van der Waals surface area (Å²) in [4.78, 5) is 21.9. The number of carboxylic acid groups (broad SMARTS) is 1. The number of unbranched alkanes of at least 4 members (excludes halogenated alkanes) is 2. The smallest absolute Gasteiger partial charge is 0.339 e. The number of hydrogen-bond acceptors (Lipinski definition) is 6. The van der Waals surface area contributed by atoms with E-state index in [2.05, 4.69) is 16.0 Å². The number of benzene rings is 1. The highest BCUT2D eigenvalue weighted by Crippen LogP contribution is 2.00. The van der Waals surface area contributed by atoms with Crippen LogP contribution < -0.4 is 16.0 Å². The topological polar surface area (TPSA) is 99.7 Å². The number of rotatable bonds is 14. The molecule has 7 heteroatoms. The number of nitrogens with one attached hydrogen (secondary N) is 3. The Morgan fingerprint density at radius 2 is 1.54 bits per heavy atom. The van der Waals surface area contributed by atoms with Gasteiger partial charge in [-0.2, -0.15) is 0 Å². The average molecular weight is 337 g/mol. The Labute approximate surface area is 142 Å². The van der Waals surface area contributed by atoms with Crippen molar-refractivity contribution >= 4 is 11.9 Å². The molecular weight excluding hydrogens is 310 g/mol. The average Bonchev–Trinajstić information content (AvgIpc) is 2.59. The van der Waals surface area contributed by atoms with Gasteiger partial charge in [-0.25, -0.2) is 4.79 Å². The van der Waals surface area contributed by atoms with Crippen LogP contribution in [-0.4, -0.2) is 56.5 Å². The van der Waals surface area contributed by atoms with E-state index in [4.69, 9.17) is 9.84 Å². The molecule has 1 rings (SSSR count). The molecule has 0 aliphatic rings. The lowest BCUT2D eigenvalue weighted by Crippen LogP contribution is -2.31. The largest absolute Gasteiger partial charge is 0.480 e. The van der Waals surface area contributed by atoms with Crippen molar-refractivity contribution in [2.24, 2.45) is 0 Å². The number of hydrogen-bond donors (Lipinski definition) is 4. The zero-order chi connectivity index (χ0) is 17.5. The van der Waals surface area contributed by atoms with Gasteiger partial charge in [0.05, 0.1) is 12.1 Å². The summed E-state index contributed by atoms with van der Waals surface area (Å²) < 4.78 is 5.12. The molecule has 7 nitrogen and oxygen atoms in total. The minimum absolute atomic E-state index is 0.00218. The lowest BCUT2D eigenvalue weighted by atomic mass is 10.2. The van der Waals surface area contributed by atoms with E-state index >= 15 is 0 Å². The molecule has 0 saturated carbocycles. The van der Waals surface area contributed by atoms with Crippen LogP contribution in [0.4, 0.5) is 0 Å². The maximum atomic E-state index is 11.7. The Morgan fingerprint density at radius 3 is 2.25 bits per heavy atom. The summed E-state index contributed by atoms with van der Waals surface area (Å²) in [6, 6.07) is 8.93. The van der Waals surface area contributed by atoms with Gasteiger partial charge in [0.15, 0.2) is 0 Å². The second-order valence-corrected chi connectivity index (χ2v) is 5.32. The van der Waals surface area contributed by atoms with Crippen molar-refractivity contribution in [3.8, 4) is 0 Å². The third kappa shape index (κ3) is 10.7. The summed E-state index contributed by atoms with van der Waals surface area (Å²) in [6.07, 6.45) is 3.15. The van der Waals surface area contributed by atoms with E-state index in [1.807, 2.05) is 6.07 Å². The van der Waals surface area contributed by atoms with Crippen LogP contribution in [0.15, 0.2) is 30.3 Å². The van der Waals surface area contributed by atoms with Crippen LogP contribution in [0, 0.1) is 0 Å². The van der Waals surface area contributed by atoms with Crippen LogP contribution in [0.5, 0.6) is 0 Å². The Morgan fingerprint density at radius 1 is 0.875 bits per heavy atom. The van der Waals surface area contributed by atoms with E-state index in [1.54, 1.807) is 24.3 Å². The van der Waals surface area contributed by atoms with E-state index in [1.165, 1.54) is 0 Å². The van der Waals surface area contributed by atoms with Crippen molar-refractivity contribution in [2.75, 3.05) is 39.5 Å². The van der Waals surface area contributed by atoms with Gasteiger partial charge in [0.25, 0.3) is 0 Å². The van der Waals surface area contributed by atoms with E-state index in [0.29, 0.717) is 12.1 Å². The summed E-state index contributed by atoms with van der Waals surface area (Å²) in [6.45, 7) is 3.37. The first kappa shape index (κ1) is 20.1. The van der Waals surface area contributed by atoms with Crippen LogP contribution in [0.25, 0.3) is 0 Å². The molecule has 1 aromatic carbocycles. The van der Waals surface area contributed by atoms with Crippen molar-refractivity contribution in [3.05, 3.63) is 35.9 Å². The molecule has 1 aromatic rings. The maximum Gasteiger partial charge on any atom is 0.339 e. The summed E-state index contributed by atoms with van der Waals surface area (Å²) in [5, 5.41) is 17.6. The second kappa shape index (κ2) is 13.5. The van der Waals surface area contributed by atoms with Gasteiger partial charge in [-0.3, -0.25) is 10.1 Å². The Hall–Kier alpha value is -1.96. The van der Waals surface area contributed by atoms with Crippen LogP contribution in [-0.2, 0) is 9.53 Å².